The number of hydrogen-bond acceptors (Lipinski definition) is 4. The molecule has 25 heavy (non-hydrogen) atoms. The number of aryl methyl sites for hydroxylation is 1. The van der Waals surface area contributed by atoms with Crippen molar-refractivity contribution in [1.29, 1.82) is 0 Å². The molecule has 128 valence electrons. The van der Waals surface area contributed by atoms with Gasteiger partial charge < -0.3 is 4.57 Å². The first kappa shape index (κ1) is 17.7. The van der Waals surface area contributed by atoms with Crippen molar-refractivity contribution in [3.05, 3.63) is 64.7 Å². The first-order valence-corrected chi connectivity index (χ1v) is 9.15. The monoisotopic (exact) mass is 371 g/mol. The van der Waals surface area contributed by atoms with Crippen molar-refractivity contribution in [2.24, 2.45) is 7.05 Å². The minimum atomic E-state index is -0.270. The third kappa shape index (κ3) is 3.78. The second-order valence-electron chi connectivity index (χ2n) is 5.81. The molecule has 0 saturated heterocycles. The molecule has 0 bridgehead atoms. The predicted molar refractivity (Wildman–Crippen MR) is 102 cm³/mol. The van der Waals surface area contributed by atoms with E-state index in [2.05, 4.69) is 10.2 Å². The number of Topliss-reactive ketones (excluding diaryl/α,β-unsaturated/α-hetero) is 1. The van der Waals surface area contributed by atoms with Crippen LogP contribution in [0.15, 0.2) is 53.7 Å². The second-order valence-corrected chi connectivity index (χ2v) is 7.56. The van der Waals surface area contributed by atoms with E-state index in [1.807, 2.05) is 49.7 Å². The van der Waals surface area contributed by atoms with Crippen LogP contribution in [0.1, 0.15) is 22.8 Å². The van der Waals surface area contributed by atoms with Crippen LogP contribution in [0.5, 0.6) is 0 Å². The molecule has 2 aromatic carbocycles. The van der Waals surface area contributed by atoms with Crippen LogP contribution in [0.2, 0.25) is 5.02 Å². The highest BCUT2D eigenvalue weighted by Crippen LogP contribution is 2.28. The van der Waals surface area contributed by atoms with E-state index in [4.69, 9.17) is 11.6 Å². The Morgan fingerprint density at radius 1 is 1.12 bits per heavy atom. The molecular weight excluding hydrogens is 354 g/mol. The fraction of sp³-hybridized carbons (Fsp3) is 0.211. The van der Waals surface area contributed by atoms with Crippen LogP contribution >= 0.6 is 23.4 Å². The lowest BCUT2D eigenvalue weighted by molar-refractivity contribution is 0.0994. The van der Waals surface area contributed by atoms with Gasteiger partial charge in [-0.25, -0.2) is 0 Å². The number of nitrogens with zero attached hydrogens (tertiary/aromatic N) is 3. The number of ketones is 1. The summed E-state index contributed by atoms with van der Waals surface area (Å²) < 4.78 is 1.93. The van der Waals surface area contributed by atoms with Crippen LogP contribution in [0.3, 0.4) is 0 Å². The van der Waals surface area contributed by atoms with Gasteiger partial charge in [-0.3, -0.25) is 4.79 Å². The van der Waals surface area contributed by atoms with Crippen LogP contribution in [0, 0.1) is 6.92 Å². The van der Waals surface area contributed by atoms with E-state index < -0.39 is 0 Å². The number of thioether (sulfide) groups is 1. The van der Waals surface area contributed by atoms with Gasteiger partial charge in [0.25, 0.3) is 0 Å². The van der Waals surface area contributed by atoms with Crippen molar-refractivity contribution in [1.82, 2.24) is 14.8 Å². The van der Waals surface area contributed by atoms with Crippen molar-refractivity contribution in [3.8, 4) is 11.4 Å². The fourth-order valence-electron chi connectivity index (χ4n) is 2.54. The van der Waals surface area contributed by atoms with Crippen molar-refractivity contribution in [2.45, 2.75) is 24.3 Å². The van der Waals surface area contributed by atoms with Crippen molar-refractivity contribution < 1.29 is 4.79 Å². The lowest BCUT2D eigenvalue weighted by Gasteiger charge is -2.10. The molecule has 6 heteroatoms. The lowest BCUT2D eigenvalue weighted by Crippen LogP contribution is -2.14. The first-order valence-electron chi connectivity index (χ1n) is 7.89. The smallest absolute Gasteiger partial charge is 0.191 e. The summed E-state index contributed by atoms with van der Waals surface area (Å²) in [5, 5.41) is 9.64. The lowest BCUT2D eigenvalue weighted by atomic mass is 10.1. The molecule has 0 aliphatic rings. The summed E-state index contributed by atoms with van der Waals surface area (Å²) in [6, 6.07) is 15.0. The Kier molecular flexibility index (Phi) is 5.25. The highest BCUT2D eigenvalue weighted by molar-refractivity contribution is 8.00. The van der Waals surface area contributed by atoms with E-state index in [9.17, 15) is 4.79 Å². The standard InChI is InChI=1S/C19H18ClN3OS/c1-12-6-4-5-7-16(12)18-21-22-19(23(18)3)25-13(2)17(24)14-8-10-15(20)11-9-14/h4-11,13H,1-3H3. The van der Waals surface area contributed by atoms with E-state index in [0.717, 1.165) is 17.0 Å². The van der Waals surface area contributed by atoms with E-state index in [-0.39, 0.29) is 11.0 Å². The summed E-state index contributed by atoms with van der Waals surface area (Å²) in [7, 11) is 1.92. The van der Waals surface area contributed by atoms with Gasteiger partial charge >= 0.3 is 0 Å². The molecule has 0 aliphatic carbocycles. The molecule has 0 radical (unpaired) electrons. The number of halogens is 1. The van der Waals surface area contributed by atoms with E-state index >= 15 is 0 Å². The molecule has 1 unspecified atom stereocenters. The molecule has 3 aromatic rings. The number of hydrogen-bond donors (Lipinski definition) is 0. The molecule has 0 fully saturated rings. The maximum atomic E-state index is 12.6. The first-order chi connectivity index (χ1) is 12.0. The average Bonchev–Trinajstić information content (AvgIpc) is 2.96. The highest BCUT2D eigenvalue weighted by Gasteiger charge is 2.21. The second kappa shape index (κ2) is 7.42. The summed E-state index contributed by atoms with van der Waals surface area (Å²) in [4.78, 5) is 12.6. The Hall–Kier alpha value is -2.11. The number of aromatic nitrogens is 3. The molecule has 1 atom stereocenters. The Morgan fingerprint density at radius 3 is 2.48 bits per heavy atom. The molecule has 0 aliphatic heterocycles. The van der Waals surface area contributed by atoms with Crippen molar-refractivity contribution in [3.63, 3.8) is 0 Å². The largest absolute Gasteiger partial charge is 0.305 e. The van der Waals surface area contributed by atoms with Gasteiger partial charge in [-0.05, 0) is 43.7 Å². The van der Waals surface area contributed by atoms with Crippen LogP contribution in [0.25, 0.3) is 11.4 Å². The Balaban J connectivity index is 1.81. The summed E-state index contributed by atoms with van der Waals surface area (Å²) >= 11 is 7.29. The maximum Gasteiger partial charge on any atom is 0.191 e. The van der Waals surface area contributed by atoms with Crippen LogP contribution in [-0.2, 0) is 7.05 Å². The molecule has 0 spiro atoms. The number of carbonyl (C=O) groups is 1. The normalized spacial score (nSPS) is 12.2. The average molecular weight is 372 g/mol. The van der Waals surface area contributed by atoms with Crippen LogP contribution in [0.4, 0.5) is 0 Å². The van der Waals surface area contributed by atoms with Gasteiger partial charge in [0.05, 0.1) is 5.25 Å². The molecule has 1 aromatic heterocycles. The molecule has 0 amide bonds. The van der Waals surface area contributed by atoms with Gasteiger partial charge in [0.2, 0.25) is 0 Å². The number of benzene rings is 2. The van der Waals surface area contributed by atoms with Crippen LogP contribution < -0.4 is 0 Å². The summed E-state index contributed by atoms with van der Waals surface area (Å²) in [5.74, 6) is 0.842. The topological polar surface area (TPSA) is 47.8 Å². The molecule has 0 N–H and O–H groups in total. The van der Waals surface area contributed by atoms with Gasteiger partial charge in [0.1, 0.15) is 0 Å². The zero-order chi connectivity index (χ0) is 18.0. The van der Waals surface area contributed by atoms with Gasteiger partial charge in [0, 0.05) is 23.2 Å². The number of carbonyl (C=O) groups excluding carboxylic acids is 1. The minimum absolute atomic E-state index is 0.0436. The van der Waals surface area contributed by atoms with Crippen molar-refractivity contribution >= 4 is 29.1 Å². The Labute approximate surface area is 156 Å². The summed E-state index contributed by atoms with van der Waals surface area (Å²) in [6.45, 7) is 3.92. The van der Waals surface area contributed by atoms with Crippen molar-refractivity contribution in [2.75, 3.05) is 0 Å². The Morgan fingerprint density at radius 2 is 1.80 bits per heavy atom. The molecule has 4 nitrogen and oxygen atoms in total. The minimum Gasteiger partial charge on any atom is -0.305 e. The predicted octanol–water partition coefficient (Wildman–Crippen LogP) is 4.81. The van der Waals surface area contributed by atoms with Crippen LogP contribution in [-0.4, -0.2) is 25.8 Å². The van der Waals surface area contributed by atoms with E-state index in [1.165, 1.54) is 11.8 Å². The van der Waals surface area contributed by atoms with Gasteiger partial charge in [-0.15, -0.1) is 10.2 Å². The quantitative estimate of drug-likeness (QED) is 0.477. The molecular formula is C19H18ClN3OS. The van der Waals surface area contributed by atoms with Gasteiger partial charge in [0.15, 0.2) is 16.8 Å². The van der Waals surface area contributed by atoms with E-state index in [0.29, 0.717) is 15.7 Å². The highest BCUT2D eigenvalue weighted by atomic mass is 35.5. The van der Waals surface area contributed by atoms with Gasteiger partial charge in [-0.2, -0.15) is 0 Å². The third-order valence-electron chi connectivity index (χ3n) is 4.00. The maximum absolute atomic E-state index is 12.6. The summed E-state index contributed by atoms with van der Waals surface area (Å²) in [5.41, 5.74) is 2.83. The Bertz CT molecular complexity index is 905. The zero-order valence-corrected chi connectivity index (χ0v) is 15.8. The summed E-state index contributed by atoms with van der Waals surface area (Å²) in [6.07, 6.45) is 0. The fourth-order valence-corrected chi connectivity index (χ4v) is 3.55. The molecule has 1 heterocycles. The SMILES string of the molecule is Cc1ccccc1-c1nnc(SC(C)C(=O)c2ccc(Cl)cc2)n1C. The zero-order valence-electron chi connectivity index (χ0n) is 14.2. The number of rotatable bonds is 5. The molecule has 0 saturated carbocycles. The third-order valence-corrected chi connectivity index (χ3v) is 5.39. The molecule has 3 rings (SSSR count). The van der Waals surface area contributed by atoms with Gasteiger partial charge in [-0.1, -0.05) is 47.6 Å². The van der Waals surface area contributed by atoms with E-state index in [1.54, 1.807) is 24.3 Å².